The SMILES string of the molecule is COc1ccc(CN(C(=O)[C@H](C)n2nc3ccccc3n2)[C@@H](C(=O)NC2CCCCC2)c2ccc(F)cc2)cc1. The minimum absolute atomic E-state index is 0.0395. The first-order valence-electron chi connectivity index (χ1n) is 13.7. The number of nitrogens with zero attached hydrogens (tertiary/aromatic N) is 4. The van der Waals surface area contributed by atoms with Gasteiger partial charge in [0.05, 0.1) is 7.11 Å². The molecule has 2 atom stereocenters. The van der Waals surface area contributed by atoms with Crippen molar-refractivity contribution in [1.82, 2.24) is 25.2 Å². The fourth-order valence-corrected chi connectivity index (χ4v) is 5.26. The first kappa shape index (κ1) is 27.3. The highest BCUT2D eigenvalue weighted by Gasteiger charge is 2.36. The van der Waals surface area contributed by atoms with E-state index in [2.05, 4.69) is 15.5 Å². The molecule has 8 nitrogen and oxygen atoms in total. The van der Waals surface area contributed by atoms with Crippen LogP contribution in [-0.2, 0) is 16.1 Å². The molecular weight excluding hydrogens is 509 g/mol. The predicted octanol–water partition coefficient (Wildman–Crippen LogP) is 5.36. The number of ether oxygens (including phenoxy) is 1. The molecule has 1 aromatic heterocycles. The van der Waals surface area contributed by atoms with Gasteiger partial charge in [-0.3, -0.25) is 9.59 Å². The highest BCUT2D eigenvalue weighted by atomic mass is 19.1. The third-order valence-corrected chi connectivity index (χ3v) is 7.50. The molecule has 1 heterocycles. The highest BCUT2D eigenvalue weighted by molar-refractivity contribution is 5.90. The van der Waals surface area contributed by atoms with E-state index < -0.39 is 17.9 Å². The highest BCUT2D eigenvalue weighted by Crippen LogP contribution is 2.29. The molecule has 3 aromatic carbocycles. The number of fused-ring (bicyclic) bond motifs is 1. The van der Waals surface area contributed by atoms with Crippen molar-refractivity contribution in [2.24, 2.45) is 0 Å². The van der Waals surface area contributed by atoms with Crippen molar-refractivity contribution in [3.8, 4) is 5.75 Å². The average Bonchev–Trinajstić information content (AvgIpc) is 3.42. The van der Waals surface area contributed by atoms with Gasteiger partial charge in [0.2, 0.25) is 11.8 Å². The second-order valence-electron chi connectivity index (χ2n) is 10.3. The fraction of sp³-hybridized carbons (Fsp3) is 0.355. The molecule has 2 amide bonds. The van der Waals surface area contributed by atoms with E-state index in [1.807, 2.05) is 48.5 Å². The van der Waals surface area contributed by atoms with Gasteiger partial charge in [-0.1, -0.05) is 55.7 Å². The number of amides is 2. The molecule has 1 aliphatic carbocycles. The molecule has 208 valence electrons. The molecule has 0 saturated heterocycles. The van der Waals surface area contributed by atoms with Gasteiger partial charge in [0.1, 0.15) is 34.7 Å². The number of carbonyl (C=O) groups is 2. The van der Waals surface area contributed by atoms with E-state index in [0.29, 0.717) is 22.3 Å². The second-order valence-corrected chi connectivity index (χ2v) is 10.3. The lowest BCUT2D eigenvalue weighted by molar-refractivity contribution is -0.144. The van der Waals surface area contributed by atoms with Crippen LogP contribution in [-0.4, -0.2) is 44.9 Å². The quantitative estimate of drug-likeness (QED) is 0.307. The van der Waals surface area contributed by atoms with Crippen molar-refractivity contribution in [1.29, 1.82) is 0 Å². The number of hydrogen-bond donors (Lipinski definition) is 1. The first-order chi connectivity index (χ1) is 19.4. The number of halogens is 1. The zero-order valence-corrected chi connectivity index (χ0v) is 22.8. The van der Waals surface area contributed by atoms with Crippen LogP contribution < -0.4 is 10.1 Å². The Labute approximate surface area is 233 Å². The van der Waals surface area contributed by atoms with Crippen LogP contribution in [0.3, 0.4) is 0 Å². The van der Waals surface area contributed by atoms with E-state index in [0.717, 1.165) is 37.7 Å². The second kappa shape index (κ2) is 12.3. The normalized spacial score (nSPS) is 15.4. The third kappa shape index (κ3) is 6.14. The van der Waals surface area contributed by atoms with Gasteiger partial charge in [-0.15, -0.1) is 0 Å². The van der Waals surface area contributed by atoms with Gasteiger partial charge in [0.25, 0.3) is 0 Å². The summed E-state index contributed by atoms with van der Waals surface area (Å²) in [5.41, 5.74) is 2.70. The largest absolute Gasteiger partial charge is 0.497 e. The lowest BCUT2D eigenvalue weighted by atomic mass is 9.94. The number of aromatic nitrogens is 3. The van der Waals surface area contributed by atoms with Crippen molar-refractivity contribution in [3.05, 3.63) is 89.7 Å². The number of rotatable bonds is 9. The van der Waals surface area contributed by atoms with Crippen molar-refractivity contribution >= 4 is 22.8 Å². The smallest absolute Gasteiger partial charge is 0.250 e. The van der Waals surface area contributed by atoms with Gasteiger partial charge in [0, 0.05) is 12.6 Å². The topological polar surface area (TPSA) is 89.3 Å². The van der Waals surface area contributed by atoms with Crippen molar-refractivity contribution in [2.75, 3.05) is 7.11 Å². The molecule has 0 unspecified atom stereocenters. The van der Waals surface area contributed by atoms with E-state index in [4.69, 9.17) is 4.74 Å². The predicted molar refractivity (Wildman–Crippen MR) is 150 cm³/mol. The van der Waals surface area contributed by atoms with Crippen LogP contribution >= 0.6 is 0 Å². The van der Waals surface area contributed by atoms with Crippen molar-refractivity contribution in [3.63, 3.8) is 0 Å². The monoisotopic (exact) mass is 543 g/mol. The maximum atomic E-state index is 14.3. The van der Waals surface area contributed by atoms with E-state index in [9.17, 15) is 14.0 Å². The van der Waals surface area contributed by atoms with Crippen LogP contribution in [0.4, 0.5) is 4.39 Å². The van der Waals surface area contributed by atoms with E-state index in [1.54, 1.807) is 31.1 Å². The number of carbonyl (C=O) groups excluding carboxylic acids is 2. The number of benzene rings is 3. The molecule has 1 saturated carbocycles. The Kier molecular flexibility index (Phi) is 8.38. The molecule has 0 aliphatic heterocycles. The molecule has 4 aromatic rings. The molecule has 40 heavy (non-hydrogen) atoms. The van der Waals surface area contributed by atoms with Gasteiger partial charge in [-0.2, -0.15) is 15.0 Å². The molecule has 5 rings (SSSR count). The molecule has 1 aliphatic rings. The van der Waals surface area contributed by atoms with Crippen LogP contribution in [0.2, 0.25) is 0 Å². The van der Waals surface area contributed by atoms with E-state index in [-0.39, 0.29) is 24.4 Å². The standard InChI is InChI=1S/C31H34FN5O3/c1-21(37-34-27-10-6-7-11-28(27)35-37)31(39)36(20-22-12-18-26(40-2)19-13-22)29(23-14-16-24(32)17-15-23)30(38)33-25-8-4-3-5-9-25/h6-7,10-19,21,25,29H,3-5,8-9,20H2,1-2H3,(H,33,38)/t21-,29+/m0/s1. The Bertz CT molecular complexity index is 1420. The summed E-state index contributed by atoms with van der Waals surface area (Å²) in [5, 5.41) is 12.2. The Morgan fingerprint density at radius 1 is 0.975 bits per heavy atom. The summed E-state index contributed by atoms with van der Waals surface area (Å²) < 4.78 is 19.2. The van der Waals surface area contributed by atoms with Gasteiger partial charge in [0.15, 0.2) is 0 Å². The van der Waals surface area contributed by atoms with Crippen LogP contribution in [0.1, 0.15) is 62.2 Å². The van der Waals surface area contributed by atoms with Crippen molar-refractivity contribution in [2.45, 2.75) is 63.7 Å². The van der Waals surface area contributed by atoms with Crippen LogP contribution in [0.5, 0.6) is 5.75 Å². The Morgan fingerprint density at radius 3 is 2.20 bits per heavy atom. The number of nitrogens with one attached hydrogen (secondary N) is 1. The van der Waals surface area contributed by atoms with Gasteiger partial charge in [-0.25, -0.2) is 4.39 Å². The third-order valence-electron chi connectivity index (χ3n) is 7.50. The summed E-state index contributed by atoms with van der Waals surface area (Å²) in [7, 11) is 1.59. The Balaban J connectivity index is 1.53. The summed E-state index contributed by atoms with van der Waals surface area (Å²) in [4.78, 5) is 31.2. The molecule has 9 heteroatoms. The number of methoxy groups -OCH3 is 1. The summed E-state index contributed by atoms with van der Waals surface area (Å²) in [6.07, 6.45) is 5.05. The molecule has 1 N–H and O–H groups in total. The summed E-state index contributed by atoms with van der Waals surface area (Å²) in [6, 6.07) is 18.8. The van der Waals surface area contributed by atoms with E-state index in [1.165, 1.54) is 16.9 Å². The van der Waals surface area contributed by atoms with Crippen LogP contribution in [0, 0.1) is 5.82 Å². The Morgan fingerprint density at radius 2 is 1.60 bits per heavy atom. The lowest BCUT2D eigenvalue weighted by Gasteiger charge is -2.34. The molecular formula is C31H34FN5O3. The maximum absolute atomic E-state index is 14.3. The molecule has 1 fully saturated rings. The zero-order chi connectivity index (χ0) is 28.1. The maximum Gasteiger partial charge on any atom is 0.250 e. The minimum atomic E-state index is -0.982. The van der Waals surface area contributed by atoms with Crippen molar-refractivity contribution < 1.29 is 18.7 Å². The first-order valence-corrected chi connectivity index (χ1v) is 13.7. The molecule has 0 radical (unpaired) electrons. The Hall–Kier alpha value is -4.27. The van der Waals surface area contributed by atoms with E-state index >= 15 is 0 Å². The van der Waals surface area contributed by atoms with Gasteiger partial charge in [-0.05, 0) is 67.3 Å². The molecule has 0 spiro atoms. The summed E-state index contributed by atoms with van der Waals surface area (Å²) in [5.74, 6) is -0.341. The zero-order valence-electron chi connectivity index (χ0n) is 22.8. The fourth-order valence-electron chi connectivity index (χ4n) is 5.26. The minimum Gasteiger partial charge on any atom is -0.497 e. The number of hydrogen-bond acceptors (Lipinski definition) is 5. The summed E-state index contributed by atoms with van der Waals surface area (Å²) in [6.45, 7) is 1.87. The lowest BCUT2D eigenvalue weighted by Crippen LogP contribution is -2.48. The average molecular weight is 544 g/mol. The van der Waals surface area contributed by atoms with Gasteiger partial charge >= 0.3 is 0 Å². The summed E-state index contributed by atoms with van der Waals surface area (Å²) >= 11 is 0. The van der Waals surface area contributed by atoms with Crippen LogP contribution in [0.15, 0.2) is 72.8 Å². The molecule has 0 bridgehead atoms. The van der Waals surface area contributed by atoms with Crippen LogP contribution in [0.25, 0.3) is 11.0 Å². The van der Waals surface area contributed by atoms with Gasteiger partial charge < -0.3 is 15.0 Å².